The zero-order valence-corrected chi connectivity index (χ0v) is 24.3. The Morgan fingerprint density at radius 2 is 1.59 bits per heavy atom. The summed E-state index contributed by atoms with van der Waals surface area (Å²) in [6.07, 6.45) is 0.547. The fraction of sp³-hybridized carbons (Fsp3) is 0.138. The monoisotopic (exact) mass is 611 g/mol. The number of benzene rings is 4. The number of anilines is 3. The predicted octanol–water partition coefficient (Wildman–Crippen LogP) is 5.22. The van der Waals surface area contributed by atoms with Crippen molar-refractivity contribution in [2.24, 2.45) is 0 Å². The summed E-state index contributed by atoms with van der Waals surface area (Å²) in [7, 11) is -7.61. The molecule has 212 valence electrons. The van der Waals surface area contributed by atoms with Gasteiger partial charge in [-0.15, -0.1) is 0 Å². The fourth-order valence-corrected chi connectivity index (χ4v) is 7.19. The van der Waals surface area contributed by atoms with E-state index in [4.69, 9.17) is 16.3 Å². The first kappa shape index (κ1) is 28.5. The summed E-state index contributed by atoms with van der Waals surface area (Å²) in [4.78, 5) is 12.9. The Morgan fingerprint density at radius 1 is 0.878 bits per heavy atom. The van der Waals surface area contributed by atoms with Gasteiger partial charge in [-0.05, 0) is 91.2 Å². The topological polar surface area (TPSA) is 122 Å². The molecule has 12 heteroatoms. The zero-order chi connectivity index (χ0) is 29.2. The first-order valence-corrected chi connectivity index (χ1v) is 15.9. The first-order chi connectivity index (χ1) is 19.5. The Bertz CT molecular complexity index is 1810. The van der Waals surface area contributed by atoms with Crippen molar-refractivity contribution in [3.8, 4) is 5.75 Å². The molecule has 1 heterocycles. The molecule has 4 aromatic carbocycles. The number of halogens is 1. The summed E-state index contributed by atoms with van der Waals surface area (Å²) in [6.45, 7) is 1.64. The molecule has 4 aromatic rings. The Hall–Kier alpha value is -4.06. The number of para-hydroxylation sites is 1. The minimum atomic E-state index is -3.81. The molecule has 1 aliphatic heterocycles. The standard InChI is InChI=1S/C29H26ClN3O6S2/c1-20-17-26(40(35,36)32-23-5-3-2-4-6-23)13-14-28(20)39-19-29(34)31-24-10-7-21-15-16-33(27(21)18-24)41(37,38)25-11-8-22(30)9-12-25/h2-14,17-18,32H,15-16,19H2,1H3,(H,31,34). The van der Waals surface area contributed by atoms with Gasteiger partial charge in [-0.2, -0.15) is 0 Å². The number of ether oxygens (including phenoxy) is 1. The number of nitrogens with zero attached hydrogens (tertiary/aromatic N) is 1. The summed E-state index contributed by atoms with van der Waals surface area (Å²) >= 11 is 5.91. The van der Waals surface area contributed by atoms with Gasteiger partial charge < -0.3 is 10.1 Å². The van der Waals surface area contributed by atoms with E-state index in [0.717, 1.165) is 5.56 Å². The number of nitrogens with one attached hydrogen (secondary N) is 2. The minimum Gasteiger partial charge on any atom is -0.483 e. The summed E-state index contributed by atoms with van der Waals surface area (Å²) in [6, 6.07) is 24.0. The number of hydrogen-bond donors (Lipinski definition) is 2. The van der Waals surface area contributed by atoms with Crippen molar-refractivity contribution in [3.05, 3.63) is 107 Å². The number of hydrogen-bond acceptors (Lipinski definition) is 6. The lowest BCUT2D eigenvalue weighted by Gasteiger charge is -2.20. The SMILES string of the molecule is Cc1cc(S(=O)(=O)Nc2ccccc2)ccc1OCC(=O)Nc1ccc2c(c1)N(S(=O)(=O)c1ccc(Cl)cc1)CC2. The molecule has 1 aliphatic rings. The van der Waals surface area contributed by atoms with Gasteiger partial charge in [0.15, 0.2) is 6.61 Å². The van der Waals surface area contributed by atoms with E-state index in [1.165, 1.54) is 46.8 Å². The van der Waals surface area contributed by atoms with Gasteiger partial charge in [-0.25, -0.2) is 16.8 Å². The summed E-state index contributed by atoms with van der Waals surface area (Å²) in [5.74, 6) is -0.107. The molecular weight excluding hydrogens is 586 g/mol. The highest BCUT2D eigenvalue weighted by Gasteiger charge is 2.31. The van der Waals surface area contributed by atoms with Crippen molar-refractivity contribution in [2.75, 3.05) is 27.5 Å². The smallest absolute Gasteiger partial charge is 0.264 e. The van der Waals surface area contributed by atoms with Crippen LogP contribution < -0.4 is 19.1 Å². The number of carbonyl (C=O) groups excluding carboxylic acids is 1. The van der Waals surface area contributed by atoms with E-state index in [1.54, 1.807) is 55.5 Å². The molecule has 0 atom stereocenters. The van der Waals surface area contributed by atoms with E-state index in [9.17, 15) is 21.6 Å². The van der Waals surface area contributed by atoms with Crippen LogP contribution in [0.5, 0.6) is 5.75 Å². The maximum Gasteiger partial charge on any atom is 0.264 e. The quantitative estimate of drug-likeness (QED) is 0.268. The van der Waals surface area contributed by atoms with Gasteiger partial charge in [-0.1, -0.05) is 35.9 Å². The molecule has 0 radical (unpaired) electrons. The van der Waals surface area contributed by atoms with E-state index in [1.807, 2.05) is 0 Å². The Morgan fingerprint density at radius 3 is 2.29 bits per heavy atom. The second-order valence-electron chi connectivity index (χ2n) is 9.36. The molecule has 0 unspecified atom stereocenters. The highest BCUT2D eigenvalue weighted by Crippen LogP contribution is 2.35. The molecule has 0 fully saturated rings. The van der Waals surface area contributed by atoms with Gasteiger partial charge >= 0.3 is 0 Å². The lowest BCUT2D eigenvalue weighted by atomic mass is 10.1. The molecule has 0 bridgehead atoms. The first-order valence-electron chi connectivity index (χ1n) is 12.6. The largest absolute Gasteiger partial charge is 0.483 e. The predicted molar refractivity (Wildman–Crippen MR) is 159 cm³/mol. The maximum absolute atomic E-state index is 13.2. The lowest BCUT2D eigenvalue weighted by Crippen LogP contribution is -2.29. The maximum atomic E-state index is 13.2. The van der Waals surface area contributed by atoms with Gasteiger partial charge in [0.1, 0.15) is 5.75 Å². The van der Waals surface area contributed by atoms with E-state index >= 15 is 0 Å². The molecule has 5 rings (SSSR count). The Kier molecular flexibility index (Phi) is 7.94. The minimum absolute atomic E-state index is 0.0619. The van der Waals surface area contributed by atoms with Gasteiger partial charge in [0.2, 0.25) is 0 Å². The van der Waals surface area contributed by atoms with Crippen LogP contribution in [0.3, 0.4) is 0 Å². The average molecular weight is 612 g/mol. The second-order valence-corrected chi connectivity index (χ2v) is 13.3. The van der Waals surface area contributed by atoms with Crippen LogP contribution in [-0.2, 0) is 31.3 Å². The molecule has 0 aromatic heterocycles. The normalized spacial score (nSPS) is 13.0. The summed E-state index contributed by atoms with van der Waals surface area (Å²) < 4.78 is 61.4. The highest BCUT2D eigenvalue weighted by molar-refractivity contribution is 7.93. The fourth-order valence-electron chi connectivity index (χ4n) is 4.42. The molecule has 0 saturated carbocycles. The number of amides is 1. The van der Waals surface area contributed by atoms with Gasteiger partial charge in [0.25, 0.3) is 26.0 Å². The Balaban J connectivity index is 1.24. The van der Waals surface area contributed by atoms with Crippen molar-refractivity contribution >= 4 is 54.6 Å². The summed E-state index contributed by atoms with van der Waals surface area (Å²) in [5.41, 5.74) is 2.74. The van der Waals surface area contributed by atoms with Crippen molar-refractivity contribution in [1.82, 2.24) is 0 Å². The van der Waals surface area contributed by atoms with Crippen LogP contribution in [0.4, 0.5) is 17.1 Å². The lowest BCUT2D eigenvalue weighted by molar-refractivity contribution is -0.118. The average Bonchev–Trinajstić information content (AvgIpc) is 3.37. The number of sulfonamides is 2. The molecular formula is C29H26ClN3O6S2. The molecule has 1 amide bonds. The number of carbonyl (C=O) groups is 1. The van der Waals surface area contributed by atoms with Crippen LogP contribution in [0.2, 0.25) is 5.02 Å². The zero-order valence-electron chi connectivity index (χ0n) is 21.9. The van der Waals surface area contributed by atoms with E-state index in [2.05, 4.69) is 10.0 Å². The van der Waals surface area contributed by atoms with Crippen LogP contribution in [0.15, 0.2) is 101 Å². The third-order valence-electron chi connectivity index (χ3n) is 6.47. The van der Waals surface area contributed by atoms with E-state index in [-0.39, 0.29) is 22.9 Å². The van der Waals surface area contributed by atoms with Crippen LogP contribution in [0.25, 0.3) is 0 Å². The third-order valence-corrected chi connectivity index (χ3v) is 9.92. The van der Waals surface area contributed by atoms with Crippen LogP contribution in [-0.4, -0.2) is 35.9 Å². The Labute approximate surface area is 243 Å². The van der Waals surface area contributed by atoms with Crippen LogP contribution in [0.1, 0.15) is 11.1 Å². The van der Waals surface area contributed by atoms with Crippen molar-refractivity contribution in [1.29, 1.82) is 0 Å². The second kappa shape index (κ2) is 11.4. The van der Waals surface area contributed by atoms with Gasteiger partial charge in [-0.3, -0.25) is 13.8 Å². The van der Waals surface area contributed by atoms with E-state index in [0.29, 0.717) is 39.8 Å². The number of fused-ring (bicyclic) bond motifs is 1. The molecule has 0 saturated heterocycles. The highest BCUT2D eigenvalue weighted by atomic mass is 35.5. The van der Waals surface area contributed by atoms with Crippen molar-refractivity contribution < 1.29 is 26.4 Å². The van der Waals surface area contributed by atoms with Crippen molar-refractivity contribution in [3.63, 3.8) is 0 Å². The number of rotatable bonds is 9. The van der Waals surface area contributed by atoms with Crippen LogP contribution in [0, 0.1) is 6.92 Å². The molecule has 9 nitrogen and oxygen atoms in total. The van der Waals surface area contributed by atoms with E-state index < -0.39 is 26.0 Å². The number of aryl methyl sites for hydroxylation is 1. The third kappa shape index (κ3) is 6.32. The molecule has 0 aliphatic carbocycles. The van der Waals surface area contributed by atoms with Crippen molar-refractivity contribution in [2.45, 2.75) is 23.1 Å². The van der Waals surface area contributed by atoms with Gasteiger partial charge in [0.05, 0.1) is 15.5 Å². The summed E-state index contributed by atoms with van der Waals surface area (Å²) in [5, 5.41) is 3.17. The van der Waals surface area contributed by atoms with Crippen LogP contribution >= 0.6 is 11.6 Å². The van der Waals surface area contributed by atoms with Gasteiger partial charge in [0, 0.05) is 22.9 Å². The molecule has 0 spiro atoms. The molecule has 41 heavy (non-hydrogen) atoms. The molecule has 2 N–H and O–H groups in total.